The summed E-state index contributed by atoms with van der Waals surface area (Å²) in [6, 6.07) is 11.0. The monoisotopic (exact) mass is 325 g/mol. The van der Waals surface area contributed by atoms with Gasteiger partial charge in [0, 0.05) is 10.7 Å². The zero-order valence-corrected chi connectivity index (χ0v) is 12.5. The van der Waals surface area contributed by atoms with Crippen molar-refractivity contribution >= 4 is 51.5 Å². The van der Waals surface area contributed by atoms with E-state index in [4.69, 9.17) is 34.8 Å². The molecule has 0 amide bonds. The van der Waals surface area contributed by atoms with Crippen LogP contribution in [0.1, 0.15) is 5.82 Å². The number of aromatic nitrogens is 2. The summed E-state index contributed by atoms with van der Waals surface area (Å²) in [7, 11) is 0. The number of nitrogens with zero attached hydrogens (tertiary/aromatic N) is 1. The maximum atomic E-state index is 5.98. The Morgan fingerprint density at radius 2 is 1.70 bits per heavy atom. The van der Waals surface area contributed by atoms with Crippen LogP contribution < -0.4 is 5.32 Å². The molecule has 0 aliphatic carbocycles. The lowest BCUT2D eigenvalue weighted by Crippen LogP contribution is -2.00. The average Bonchev–Trinajstić information content (AvgIpc) is 2.80. The highest BCUT2D eigenvalue weighted by Crippen LogP contribution is 2.26. The third-order valence-corrected chi connectivity index (χ3v) is 3.85. The maximum absolute atomic E-state index is 5.98. The summed E-state index contributed by atoms with van der Waals surface area (Å²) in [4.78, 5) is 7.66. The third kappa shape index (κ3) is 2.85. The summed E-state index contributed by atoms with van der Waals surface area (Å²) in [6.07, 6.45) is 0. The van der Waals surface area contributed by atoms with Crippen LogP contribution in [0.5, 0.6) is 0 Å². The van der Waals surface area contributed by atoms with Crippen LogP contribution >= 0.6 is 34.8 Å². The van der Waals surface area contributed by atoms with E-state index in [1.807, 2.05) is 24.3 Å². The number of hydrogen-bond donors (Lipinski definition) is 2. The molecule has 6 heteroatoms. The zero-order chi connectivity index (χ0) is 14.1. The van der Waals surface area contributed by atoms with E-state index < -0.39 is 0 Å². The van der Waals surface area contributed by atoms with E-state index in [2.05, 4.69) is 15.3 Å². The molecule has 0 aliphatic heterocycles. The fourth-order valence-corrected chi connectivity index (χ4v) is 2.34. The number of imidazole rings is 1. The van der Waals surface area contributed by atoms with Gasteiger partial charge in [-0.1, -0.05) is 34.8 Å². The molecule has 0 fully saturated rings. The van der Waals surface area contributed by atoms with E-state index in [1.54, 1.807) is 12.1 Å². The number of H-pyrrole nitrogens is 1. The molecule has 0 atom stereocenters. The quantitative estimate of drug-likeness (QED) is 0.700. The molecule has 0 saturated carbocycles. The molecule has 2 N–H and O–H groups in total. The van der Waals surface area contributed by atoms with Gasteiger partial charge in [-0.25, -0.2) is 4.98 Å². The minimum atomic E-state index is 0.503. The SMILES string of the molecule is Clc1ccc(NCc2nc3cc(Cl)c(Cl)cc3[nH]2)cc1. The summed E-state index contributed by atoms with van der Waals surface area (Å²) < 4.78 is 0. The first-order chi connectivity index (χ1) is 9.61. The molecule has 0 bridgehead atoms. The number of hydrogen-bond acceptors (Lipinski definition) is 2. The van der Waals surface area contributed by atoms with Crippen molar-refractivity contribution in [2.24, 2.45) is 0 Å². The summed E-state index contributed by atoms with van der Waals surface area (Å²) in [6.45, 7) is 0.575. The molecule has 0 saturated heterocycles. The summed E-state index contributed by atoms with van der Waals surface area (Å²) in [5.74, 6) is 0.813. The Bertz CT molecular complexity index is 711. The highest BCUT2D eigenvalue weighted by Gasteiger charge is 2.06. The Morgan fingerprint density at radius 1 is 1.00 bits per heavy atom. The number of halogens is 3. The van der Waals surface area contributed by atoms with E-state index in [9.17, 15) is 0 Å². The molecule has 0 spiro atoms. The predicted molar refractivity (Wildman–Crippen MR) is 84.9 cm³/mol. The van der Waals surface area contributed by atoms with Gasteiger partial charge >= 0.3 is 0 Å². The molecule has 20 heavy (non-hydrogen) atoms. The average molecular weight is 327 g/mol. The number of benzene rings is 2. The Morgan fingerprint density at radius 3 is 2.45 bits per heavy atom. The maximum Gasteiger partial charge on any atom is 0.126 e. The van der Waals surface area contributed by atoms with Crippen molar-refractivity contribution in [3.8, 4) is 0 Å². The molecule has 3 aromatic rings. The van der Waals surface area contributed by atoms with E-state index in [-0.39, 0.29) is 0 Å². The van der Waals surface area contributed by atoms with Gasteiger partial charge in [-0.05, 0) is 36.4 Å². The predicted octanol–water partition coefficient (Wildman–Crippen LogP) is 5.14. The molecule has 1 aromatic heterocycles. The second-order valence-electron chi connectivity index (χ2n) is 4.33. The number of aromatic amines is 1. The lowest BCUT2D eigenvalue weighted by atomic mass is 10.3. The van der Waals surface area contributed by atoms with E-state index in [0.717, 1.165) is 22.5 Å². The molecule has 1 heterocycles. The summed E-state index contributed by atoms with van der Waals surface area (Å²) >= 11 is 17.8. The lowest BCUT2D eigenvalue weighted by molar-refractivity contribution is 1.01. The Hall–Kier alpha value is -1.42. The van der Waals surface area contributed by atoms with Crippen LogP contribution in [0, 0.1) is 0 Å². The van der Waals surface area contributed by atoms with Crippen molar-refractivity contribution in [2.75, 3.05) is 5.32 Å². The first-order valence-corrected chi connectivity index (χ1v) is 7.08. The Balaban J connectivity index is 1.79. The largest absolute Gasteiger partial charge is 0.378 e. The van der Waals surface area contributed by atoms with Crippen molar-refractivity contribution in [3.63, 3.8) is 0 Å². The van der Waals surface area contributed by atoms with Crippen LogP contribution in [0.15, 0.2) is 36.4 Å². The second kappa shape index (κ2) is 5.52. The van der Waals surface area contributed by atoms with Gasteiger partial charge in [0.25, 0.3) is 0 Å². The molecular formula is C14H10Cl3N3. The lowest BCUT2D eigenvalue weighted by Gasteiger charge is -2.03. The van der Waals surface area contributed by atoms with Gasteiger partial charge in [-0.15, -0.1) is 0 Å². The van der Waals surface area contributed by atoms with E-state index >= 15 is 0 Å². The van der Waals surface area contributed by atoms with E-state index in [1.165, 1.54) is 0 Å². The Labute approximate surface area is 130 Å². The van der Waals surface area contributed by atoms with Gasteiger partial charge < -0.3 is 10.3 Å². The highest BCUT2D eigenvalue weighted by atomic mass is 35.5. The van der Waals surface area contributed by atoms with Gasteiger partial charge in [-0.2, -0.15) is 0 Å². The summed E-state index contributed by atoms with van der Waals surface area (Å²) in [5.41, 5.74) is 2.64. The number of rotatable bonds is 3. The number of nitrogens with one attached hydrogen (secondary N) is 2. The number of fused-ring (bicyclic) bond motifs is 1. The fraction of sp³-hybridized carbons (Fsp3) is 0.0714. The van der Waals surface area contributed by atoms with Crippen molar-refractivity contribution in [2.45, 2.75) is 6.54 Å². The molecule has 3 nitrogen and oxygen atoms in total. The van der Waals surface area contributed by atoms with Crippen LogP contribution in [0.3, 0.4) is 0 Å². The third-order valence-electron chi connectivity index (χ3n) is 2.88. The molecule has 0 aliphatic rings. The van der Waals surface area contributed by atoms with Crippen LogP contribution in [0.2, 0.25) is 15.1 Å². The van der Waals surface area contributed by atoms with Gasteiger partial charge in [0.1, 0.15) is 5.82 Å². The molecule has 0 unspecified atom stereocenters. The topological polar surface area (TPSA) is 40.7 Å². The number of anilines is 1. The fourth-order valence-electron chi connectivity index (χ4n) is 1.90. The minimum absolute atomic E-state index is 0.503. The second-order valence-corrected chi connectivity index (χ2v) is 5.58. The molecule has 2 aromatic carbocycles. The first-order valence-electron chi connectivity index (χ1n) is 5.95. The molecule has 0 radical (unpaired) electrons. The molecule has 3 rings (SSSR count). The standard InChI is InChI=1S/C14H10Cl3N3/c15-8-1-3-9(4-2-8)18-7-14-19-12-5-10(16)11(17)6-13(12)20-14/h1-6,18H,7H2,(H,19,20). The minimum Gasteiger partial charge on any atom is -0.378 e. The van der Waals surface area contributed by atoms with Crippen LogP contribution in [-0.2, 0) is 6.54 Å². The zero-order valence-electron chi connectivity index (χ0n) is 10.3. The van der Waals surface area contributed by atoms with Crippen molar-refractivity contribution < 1.29 is 0 Å². The first kappa shape index (κ1) is 13.6. The van der Waals surface area contributed by atoms with Gasteiger partial charge in [0.05, 0.1) is 27.6 Å². The molecule has 102 valence electrons. The van der Waals surface area contributed by atoms with E-state index in [0.29, 0.717) is 21.6 Å². The van der Waals surface area contributed by atoms with Gasteiger partial charge in [-0.3, -0.25) is 0 Å². The van der Waals surface area contributed by atoms with Crippen LogP contribution in [-0.4, -0.2) is 9.97 Å². The molecular weight excluding hydrogens is 317 g/mol. The normalized spacial score (nSPS) is 10.9. The van der Waals surface area contributed by atoms with Crippen LogP contribution in [0.25, 0.3) is 11.0 Å². The van der Waals surface area contributed by atoms with Gasteiger partial charge in [0.2, 0.25) is 0 Å². The van der Waals surface area contributed by atoms with Crippen molar-refractivity contribution in [1.29, 1.82) is 0 Å². The van der Waals surface area contributed by atoms with Crippen LogP contribution in [0.4, 0.5) is 5.69 Å². The smallest absolute Gasteiger partial charge is 0.126 e. The highest BCUT2D eigenvalue weighted by molar-refractivity contribution is 6.42. The Kier molecular flexibility index (Phi) is 3.74. The van der Waals surface area contributed by atoms with Crippen molar-refractivity contribution in [1.82, 2.24) is 9.97 Å². The summed E-state index contributed by atoms with van der Waals surface area (Å²) in [5, 5.41) is 4.99. The van der Waals surface area contributed by atoms with Gasteiger partial charge in [0.15, 0.2) is 0 Å². The van der Waals surface area contributed by atoms with Crippen molar-refractivity contribution in [3.05, 3.63) is 57.3 Å².